The predicted molar refractivity (Wildman–Crippen MR) is 147 cm³/mol. The van der Waals surface area contributed by atoms with Gasteiger partial charge >= 0.3 is 0 Å². The Morgan fingerprint density at radius 3 is 2.64 bits per heavy atom. The Morgan fingerprint density at radius 1 is 1.14 bits per heavy atom. The average Bonchev–Trinajstić information content (AvgIpc) is 3.39. The van der Waals surface area contributed by atoms with Gasteiger partial charge in [-0.05, 0) is 56.3 Å². The molecule has 3 heterocycles. The number of thiophene rings is 1. The molecule has 0 atom stereocenters. The fraction of sp³-hybridized carbons (Fsp3) is 0.0800. The molecule has 0 unspecified atom stereocenters. The summed E-state index contributed by atoms with van der Waals surface area (Å²) in [6.07, 6.45) is 3.05. The van der Waals surface area contributed by atoms with Gasteiger partial charge in [-0.2, -0.15) is 9.78 Å². The molecule has 180 valence electrons. The van der Waals surface area contributed by atoms with E-state index in [1.807, 2.05) is 44.2 Å². The van der Waals surface area contributed by atoms with Crippen molar-refractivity contribution in [1.29, 1.82) is 0 Å². The van der Waals surface area contributed by atoms with Crippen LogP contribution >= 0.6 is 39.0 Å². The van der Waals surface area contributed by atoms with Crippen LogP contribution in [-0.4, -0.2) is 25.4 Å². The van der Waals surface area contributed by atoms with Gasteiger partial charge in [0.15, 0.2) is 0 Å². The highest BCUT2D eigenvalue weighted by atomic mass is 79.9. The molecule has 0 N–H and O–H groups in total. The highest BCUT2D eigenvalue weighted by Gasteiger charge is 2.16. The quantitative estimate of drug-likeness (QED) is 0.129. The summed E-state index contributed by atoms with van der Waals surface area (Å²) in [7, 11) is 0. The Morgan fingerprint density at radius 2 is 1.89 bits per heavy atom. The van der Waals surface area contributed by atoms with E-state index in [0.29, 0.717) is 15.1 Å². The van der Waals surface area contributed by atoms with Crippen LogP contribution in [0.2, 0.25) is 0 Å². The number of rotatable bonds is 6. The predicted octanol–water partition coefficient (Wildman–Crippen LogP) is 6.57. The second-order valence-corrected chi connectivity index (χ2v) is 11.2. The van der Waals surface area contributed by atoms with Gasteiger partial charge in [-0.25, -0.2) is 4.98 Å². The van der Waals surface area contributed by atoms with E-state index < -0.39 is 4.92 Å². The SMILES string of the molecule is Cc1cc(/C=N\n2cnc3sc(Sc4ccccc4[N+](=O)[O-])cc3c2=O)c(C)n1-c1ccc(Br)cc1. The van der Waals surface area contributed by atoms with Crippen molar-refractivity contribution in [3.63, 3.8) is 0 Å². The molecule has 0 saturated carbocycles. The zero-order valence-corrected chi connectivity index (χ0v) is 22.3. The third kappa shape index (κ3) is 4.64. The summed E-state index contributed by atoms with van der Waals surface area (Å²) in [6.45, 7) is 4.03. The molecule has 0 amide bonds. The summed E-state index contributed by atoms with van der Waals surface area (Å²) >= 11 is 6.02. The van der Waals surface area contributed by atoms with Crippen LogP contribution in [0, 0.1) is 24.0 Å². The van der Waals surface area contributed by atoms with E-state index in [0.717, 1.165) is 31.3 Å². The number of nitro benzene ring substituents is 1. The van der Waals surface area contributed by atoms with Crippen LogP contribution < -0.4 is 5.56 Å². The van der Waals surface area contributed by atoms with Gasteiger partial charge in [-0.15, -0.1) is 11.3 Å². The molecule has 5 rings (SSSR count). The van der Waals surface area contributed by atoms with Crippen LogP contribution in [0.15, 0.2) is 90.5 Å². The van der Waals surface area contributed by atoms with Gasteiger partial charge in [0.2, 0.25) is 0 Å². The first kappa shape index (κ1) is 24.2. The molecule has 0 aliphatic carbocycles. The fourth-order valence-electron chi connectivity index (χ4n) is 3.86. The molecule has 0 fully saturated rings. The monoisotopic (exact) mass is 579 g/mol. The van der Waals surface area contributed by atoms with E-state index in [1.54, 1.807) is 30.5 Å². The highest BCUT2D eigenvalue weighted by molar-refractivity contribution is 9.10. The Labute approximate surface area is 222 Å². The number of benzene rings is 2. The Balaban J connectivity index is 1.45. The van der Waals surface area contributed by atoms with Crippen molar-refractivity contribution in [3.8, 4) is 5.69 Å². The van der Waals surface area contributed by atoms with Crippen molar-refractivity contribution < 1.29 is 4.92 Å². The van der Waals surface area contributed by atoms with Gasteiger partial charge in [0.1, 0.15) is 11.2 Å². The standard InChI is InChI=1S/C25H18BrN5O3S2/c1-15-11-17(16(2)30(15)19-9-7-18(26)8-10-19)13-28-29-14-27-24-20(25(29)32)12-23(36-24)35-22-6-4-3-5-21(22)31(33)34/h3-14H,1-2H3/b28-13-. The molecule has 11 heteroatoms. The van der Waals surface area contributed by atoms with Crippen molar-refractivity contribution in [1.82, 2.24) is 14.2 Å². The zero-order chi connectivity index (χ0) is 25.4. The third-order valence-corrected chi connectivity index (χ3v) is 8.31. The number of fused-ring (bicyclic) bond motifs is 1. The maximum atomic E-state index is 13.1. The first-order chi connectivity index (χ1) is 17.3. The van der Waals surface area contributed by atoms with Crippen LogP contribution in [0.5, 0.6) is 0 Å². The van der Waals surface area contributed by atoms with Gasteiger partial charge < -0.3 is 4.57 Å². The van der Waals surface area contributed by atoms with E-state index in [2.05, 4.69) is 30.6 Å². The van der Waals surface area contributed by atoms with Crippen molar-refractivity contribution in [2.45, 2.75) is 23.0 Å². The van der Waals surface area contributed by atoms with Crippen LogP contribution in [0.1, 0.15) is 17.0 Å². The fourth-order valence-corrected chi connectivity index (χ4v) is 6.30. The Hall–Kier alpha value is -3.54. The summed E-state index contributed by atoms with van der Waals surface area (Å²) in [4.78, 5) is 29.4. The summed E-state index contributed by atoms with van der Waals surface area (Å²) in [6, 6.07) is 18.3. The first-order valence-corrected chi connectivity index (χ1v) is 13.2. The second kappa shape index (κ2) is 9.84. The number of aryl methyl sites for hydroxylation is 1. The van der Waals surface area contributed by atoms with Crippen molar-refractivity contribution in [2.75, 3.05) is 0 Å². The molecular weight excluding hydrogens is 562 g/mol. The van der Waals surface area contributed by atoms with Gasteiger partial charge in [-0.3, -0.25) is 14.9 Å². The second-order valence-electron chi connectivity index (χ2n) is 7.89. The Bertz CT molecular complexity index is 1700. The Kier molecular flexibility index (Phi) is 6.61. The maximum absolute atomic E-state index is 13.1. The molecule has 8 nitrogen and oxygen atoms in total. The summed E-state index contributed by atoms with van der Waals surface area (Å²) < 4.78 is 5.09. The number of hydrogen-bond donors (Lipinski definition) is 0. The number of nitro groups is 1. The topological polar surface area (TPSA) is 95.3 Å². The smallest absolute Gasteiger partial charge is 0.283 e. The molecular formula is C25H18BrN5O3S2. The lowest BCUT2D eigenvalue weighted by atomic mass is 10.2. The molecule has 0 radical (unpaired) electrons. The number of hydrogen-bond acceptors (Lipinski definition) is 7. The number of aromatic nitrogens is 3. The van der Waals surface area contributed by atoms with E-state index >= 15 is 0 Å². The number of halogens is 1. The van der Waals surface area contributed by atoms with Crippen molar-refractivity contribution in [2.24, 2.45) is 5.10 Å². The normalized spacial score (nSPS) is 11.5. The van der Waals surface area contributed by atoms with Crippen LogP contribution in [0.3, 0.4) is 0 Å². The van der Waals surface area contributed by atoms with E-state index in [-0.39, 0.29) is 11.2 Å². The minimum atomic E-state index is -0.413. The largest absolute Gasteiger partial charge is 0.318 e. The molecule has 0 bridgehead atoms. The van der Waals surface area contributed by atoms with Gasteiger partial charge in [-0.1, -0.05) is 39.8 Å². The molecule has 0 saturated heterocycles. The van der Waals surface area contributed by atoms with E-state index in [4.69, 9.17) is 0 Å². The maximum Gasteiger partial charge on any atom is 0.283 e. The first-order valence-electron chi connectivity index (χ1n) is 10.7. The van der Waals surface area contributed by atoms with Gasteiger partial charge in [0.25, 0.3) is 11.2 Å². The third-order valence-electron chi connectivity index (χ3n) is 5.56. The van der Waals surface area contributed by atoms with Crippen LogP contribution in [-0.2, 0) is 0 Å². The number of para-hydroxylation sites is 1. The molecule has 0 spiro atoms. The molecule has 0 aliphatic heterocycles. The van der Waals surface area contributed by atoms with E-state index in [1.165, 1.54) is 40.2 Å². The lowest BCUT2D eigenvalue weighted by Crippen LogP contribution is -2.16. The average molecular weight is 580 g/mol. The van der Waals surface area contributed by atoms with Crippen molar-refractivity contribution >= 4 is 61.1 Å². The van der Waals surface area contributed by atoms with Gasteiger partial charge in [0.05, 0.1) is 25.6 Å². The summed E-state index contributed by atoms with van der Waals surface area (Å²) in [5.74, 6) is 0. The minimum absolute atomic E-state index is 0.0238. The van der Waals surface area contributed by atoms with Gasteiger partial charge in [0, 0.05) is 33.2 Å². The molecule has 0 aliphatic rings. The molecule has 5 aromatic rings. The number of nitrogens with zero attached hydrogens (tertiary/aromatic N) is 5. The molecule has 3 aromatic heterocycles. The lowest BCUT2D eigenvalue weighted by molar-refractivity contribution is -0.387. The summed E-state index contributed by atoms with van der Waals surface area (Å²) in [5, 5.41) is 16.1. The summed E-state index contributed by atoms with van der Waals surface area (Å²) in [5.41, 5.74) is 3.70. The van der Waals surface area contributed by atoms with Crippen LogP contribution in [0.4, 0.5) is 5.69 Å². The minimum Gasteiger partial charge on any atom is -0.318 e. The van der Waals surface area contributed by atoms with E-state index in [9.17, 15) is 14.9 Å². The molecule has 2 aromatic carbocycles. The van der Waals surface area contributed by atoms with Crippen molar-refractivity contribution in [3.05, 3.63) is 109 Å². The molecule has 36 heavy (non-hydrogen) atoms. The van der Waals surface area contributed by atoms with Crippen LogP contribution in [0.25, 0.3) is 15.9 Å². The highest BCUT2D eigenvalue weighted by Crippen LogP contribution is 2.39. The zero-order valence-electron chi connectivity index (χ0n) is 19.1. The lowest BCUT2D eigenvalue weighted by Gasteiger charge is -2.09.